The summed E-state index contributed by atoms with van der Waals surface area (Å²) >= 11 is 0. The molecule has 98 valence electrons. The minimum Gasteiger partial charge on any atom is -0.348 e. The lowest BCUT2D eigenvalue weighted by Crippen LogP contribution is -2.43. The average molecular weight is 246 g/mol. The van der Waals surface area contributed by atoms with Gasteiger partial charge in [-0.05, 0) is 39.3 Å². The molecule has 18 heavy (non-hydrogen) atoms. The van der Waals surface area contributed by atoms with Gasteiger partial charge in [0.1, 0.15) is 0 Å². The molecule has 0 aromatic heterocycles. The van der Waals surface area contributed by atoms with Gasteiger partial charge in [0.05, 0.1) is 0 Å². The highest BCUT2D eigenvalue weighted by atomic mass is 16.1. The van der Waals surface area contributed by atoms with Crippen LogP contribution in [0.3, 0.4) is 0 Å². The molecule has 1 atom stereocenters. The molecule has 1 aromatic rings. The maximum Gasteiger partial charge on any atom is 0.251 e. The van der Waals surface area contributed by atoms with Crippen LogP contribution in [0.15, 0.2) is 30.3 Å². The standard InChI is InChI=1S/C15H22N2O/c1-15(2,3)17-10-9-13(11-17)16-14(18)12-7-5-4-6-8-12/h4-8,13H,9-11H2,1-3H3,(H,16,18). The summed E-state index contributed by atoms with van der Waals surface area (Å²) in [6.45, 7) is 8.66. The summed E-state index contributed by atoms with van der Waals surface area (Å²) in [5, 5.41) is 3.12. The van der Waals surface area contributed by atoms with E-state index in [1.54, 1.807) is 0 Å². The van der Waals surface area contributed by atoms with Crippen LogP contribution in [0.2, 0.25) is 0 Å². The van der Waals surface area contributed by atoms with Gasteiger partial charge in [-0.3, -0.25) is 9.69 Å². The summed E-state index contributed by atoms with van der Waals surface area (Å²) in [6.07, 6.45) is 1.04. The number of hydrogen-bond acceptors (Lipinski definition) is 2. The van der Waals surface area contributed by atoms with E-state index < -0.39 is 0 Å². The fraction of sp³-hybridized carbons (Fsp3) is 0.533. The maximum absolute atomic E-state index is 12.0. The second-order valence-corrected chi connectivity index (χ2v) is 5.94. The van der Waals surface area contributed by atoms with Crippen LogP contribution in [0.25, 0.3) is 0 Å². The minimum absolute atomic E-state index is 0.0383. The molecule has 1 heterocycles. The van der Waals surface area contributed by atoms with Crippen molar-refractivity contribution in [3.05, 3.63) is 35.9 Å². The number of likely N-dealkylation sites (tertiary alicyclic amines) is 1. The first-order valence-electron chi connectivity index (χ1n) is 6.58. The predicted octanol–water partition coefficient (Wildman–Crippen LogP) is 2.29. The number of hydrogen-bond donors (Lipinski definition) is 1. The quantitative estimate of drug-likeness (QED) is 0.868. The van der Waals surface area contributed by atoms with Gasteiger partial charge in [0.15, 0.2) is 0 Å². The number of carbonyl (C=O) groups excluding carboxylic acids is 1. The van der Waals surface area contributed by atoms with E-state index in [2.05, 4.69) is 31.0 Å². The number of carbonyl (C=O) groups is 1. The van der Waals surface area contributed by atoms with Gasteiger partial charge in [-0.2, -0.15) is 0 Å². The summed E-state index contributed by atoms with van der Waals surface area (Å²) in [6, 6.07) is 9.69. The summed E-state index contributed by atoms with van der Waals surface area (Å²) in [5.41, 5.74) is 0.929. The molecule has 3 heteroatoms. The molecular formula is C15H22N2O. The lowest BCUT2D eigenvalue weighted by atomic mass is 10.1. The van der Waals surface area contributed by atoms with Gasteiger partial charge in [0.2, 0.25) is 0 Å². The van der Waals surface area contributed by atoms with Crippen LogP contribution >= 0.6 is 0 Å². The van der Waals surface area contributed by atoms with E-state index in [-0.39, 0.29) is 17.5 Å². The molecule has 1 amide bonds. The fourth-order valence-electron chi connectivity index (χ4n) is 2.35. The third-order valence-electron chi connectivity index (χ3n) is 3.51. The highest BCUT2D eigenvalue weighted by molar-refractivity contribution is 5.94. The van der Waals surface area contributed by atoms with Crippen molar-refractivity contribution in [1.82, 2.24) is 10.2 Å². The van der Waals surface area contributed by atoms with Crippen molar-refractivity contribution >= 4 is 5.91 Å². The topological polar surface area (TPSA) is 32.3 Å². The van der Waals surface area contributed by atoms with E-state index in [1.165, 1.54) is 0 Å². The first-order chi connectivity index (χ1) is 8.47. The van der Waals surface area contributed by atoms with Crippen LogP contribution in [0.5, 0.6) is 0 Å². The Labute approximate surface area is 109 Å². The molecule has 1 saturated heterocycles. The molecule has 0 bridgehead atoms. The molecule has 2 rings (SSSR count). The van der Waals surface area contributed by atoms with E-state index in [0.717, 1.165) is 25.1 Å². The zero-order chi connectivity index (χ0) is 13.2. The highest BCUT2D eigenvalue weighted by Crippen LogP contribution is 2.20. The van der Waals surface area contributed by atoms with Gasteiger partial charge in [0, 0.05) is 30.2 Å². The Morgan fingerprint density at radius 2 is 1.94 bits per heavy atom. The second-order valence-electron chi connectivity index (χ2n) is 5.94. The van der Waals surface area contributed by atoms with E-state index >= 15 is 0 Å². The summed E-state index contributed by atoms with van der Waals surface area (Å²) in [5.74, 6) is 0.0383. The van der Waals surface area contributed by atoms with Gasteiger partial charge < -0.3 is 5.32 Å². The predicted molar refractivity (Wildman–Crippen MR) is 73.6 cm³/mol. The van der Waals surface area contributed by atoms with E-state index in [0.29, 0.717) is 0 Å². The normalized spacial score (nSPS) is 20.9. The van der Waals surface area contributed by atoms with Crippen molar-refractivity contribution in [3.63, 3.8) is 0 Å². The molecule has 3 nitrogen and oxygen atoms in total. The fourth-order valence-corrected chi connectivity index (χ4v) is 2.35. The molecule has 1 aliphatic heterocycles. The molecule has 1 unspecified atom stereocenters. The van der Waals surface area contributed by atoms with Crippen LogP contribution < -0.4 is 5.32 Å². The Morgan fingerprint density at radius 1 is 1.28 bits per heavy atom. The summed E-state index contributed by atoms with van der Waals surface area (Å²) in [4.78, 5) is 14.4. The monoisotopic (exact) mass is 246 g/mol. The summed E-state index contributed by atoms with van der Waals surface area (Å²) in [7, 11) is 0. The third-order valence-corrected chi connectivity index (χ3v) is 3.51. The first-order valence-corrected chi connectivity index (χ1v) is 6.58. The first kappa shape index (κ1) is 13.1. The summed E-state index contributed by atoms with van der Waals surface area (Å²) < 4.78 is 0. The van der Waals surface area contributed by atoms with E-state index in [1.807, 2.05) is 30.3 Å². The Kier molecular flexibility index (Phi) is 3.71. The highest BCUT2D eigenvalue weighted by Gasteiger charge is 2.30. The number of amides is 1. The van der Waals surface area contributed by atoms with Gasteiger partial charge in [-0.25, -0.2) is 0 Å². The maximum atomic E-state index is 12.0. The molecule has 1 aliphatic rings. The Hall–Kier alpha value is -1.35. The number of benzene rings is 1. The van der Waals surface area contributed by atoms with Gasteiger partial charge >= 0.3 is 0 Å². The van der Waals surface area contributed by atoms with Crippen molar-refractivity contribution in [2.45, 2.75) is 38.8 Å². The lowest BCUT2D eigenvalue weighted by Gasteiger charge is -2.31. The number of rotatable bonds is 2. The molecular weight excluding hydrogens is 224 g/mol. The molecule has 0 aliphatic carbocycles. The zero-order valence-electron chi connectivity index (χ0n) is 11.4. The zero-order valence-corrected chi connectivity index (χ0v) is 11.4. The van der Waals surface area contributed by atoms with Crippen LogP contribution in [-0.2, 0) is 0 Å². The van der Waals surface area contributed by atoms with Crippen molar-refractivity contribution < 1.29 is 4.79 Å². The van der Waals surface area contributed by atoms with Crippen LogP contribution in [0, 0.1) is 0 Å². The van der Waals surface area contributed by atoms with Gasteiger partial charge in [-0.15, -0.1) is 0 Å². The van der Waals surface area contributed by atoms with Crippen LogP contribution in [-0.4, -0.2) is 35.5 Å². The molecule has 1 N–H and O–H groups in total. The Balaban J connectivity index is 1.91. The largest absolute Gasteiger partial charge is 0.348 e. The Bertz CT molecular complexity index is 408. The van der Waals surface area contributed by atoms with Crippen LogP contribution in [0.1, 0.15) is 37.6 Å². The number of nitrogens with one attached hydrogen (secondary N) is 1. The molecule has 1 fully saturated rings. The second kappa shape index (κ2) is 5.11. The lowest BCUT2D eigenvalue weighted by molar-refractivity contribution is 0.0932. The van der Waals surface area contributed by atoms with Crippen molar-refractivity contribution in [2.24, 2.45) is 0 Å². The molecule has 1 aromatic carbocycles. The smallest absolute Gasteiger partial charge is 0.251 e. The molecule has 0 saturated carbocycles. The van der Waals surface area contributed by atoms with Gasteiger partial charge in [-0.1, -0.05) is 18.2 Å². The average Bonchev–Trinajstić information content (AvgIpc) is 2.78. The van der Waals surface area contributed by atoms with Crippen molar-refractivity contribution in [2.75, 3.05) is 13.1 Å². The van der Waals surface area contributed by atoms with Crippen molar-refractivity contribution in [1.29, 1.82) is 0 Å². The number of nitrogens with zero attached hydrogens (tertiary/aromatic N) is 1. The van der Waals surface area contributed by atoms with E-state index in [9.17, 15) is 4.79 Å². The van der Waals surface area contributed by atoms with Crippen molar-refractivity contribution in [3.8, 4) is 0 Å². The van der Waals surface area contributed by atoms with E-state index in [4.69, 9.17) is 0 Å². The SMILES string of the molecule is CC(C)(C)N1CCC(NC(=O)c2ccccc2)C1. The van der Waals surface area contributed by atoms with Gasteiger partial charge in [0.25, 0.3) is 5.91 Å². The third kappa shape index (κ3) is 3.10. The molecule has 0 spiro atoms. The molecule has 0 radical (unpaired) electrons. The minimum atomic E-state index is 0.0383. The Morgan fingerprint density at radius 3 is 2.50 bits per heavy atom. The van der Waals surface area contributed by atoms with Crippen LogP contribution in [0.4, 0.5) is 0 Å².